The van der Waals surface area contributed by atoms with Crippen LogP contribution in [0.25, 0.3) is 11.0 Å². The van der Waals surface area contributed by atoms with Gasteiger partial charge in [0, 0.05) is 11.2 Å². The Morgan fingerprint density at radius 2 is 2.17 bits per heavy atom. The van der Waals surface area contributed by atoms with Crippen molar-refractivity contribution in [3.63, 3.8) is 0 Å². The van der Waals surface area contributed by atoms with Gasteiger partial charge in [-0.15, -0.1) is 0 Å². The summed E-state index contributed by atoms with van der Waals surface area (Å²) in [6.07, 6.45) is 1.46. The highest BCUT2D eigenvalue weighted by atomic mass is 16.8. The molecule has 9 heteroatoms. The zero-order valence-corrected chi connectivity index (χ0v) is 12.4. The number of carbonyl (C=O) groups excluding carboxylic acids is 1. The van der Waals surface area contributed by atoms with Crippen LogP contribution in [0.1, 0.15) is 11.1 Å². The second-order valence-electron chi connectivity index (χ2n) is 4.85. The Bertz CT molecular complexity index is 889. The molecule has 24 heavy (non-hydrogen) atoms. The quantitative estimate of drug-likeness (QED) is 0.411. The molecular weight excluding hydrogens is 314 g/mol. The number of ether oxygens (including phenoxy) is 1. The second-order valence-corrected chi connectivity index (χ2v) is 4.85. The molecule has 0 radical (unpaired) electrons. The van der Waals surface area contributed by atoms with Crippen molar-refractivity contribution < 1.29 is 19.1 Å². The lowest BCUT2D eigenvalue weighted by Crippen LogP contribution is -2.24. The molecular formula is C15H13N5O4. The minimum Gasteiger partial charge on any atom is -0.489 e. The summed E-state index contributed by atoms with van der Waals surface area (Å²) in [7, 11) is 0. The molecule has 3 N–H and O–H groups in total. The van der Waals surface area contributed by atoms with E-state index in [1.807, 2.05) is 0 Å². The average Bonchev–Trinajstić information content (AvgIpc) is 2.95. The molecule has 0 unspecified atom stereocenters. The third-order valence-corrected chi connectivity index (χ3v) is 3.12. The molecule has 0 saturated heterocycles. The first kappa shape index (κ1) is 15.3. The van der Waals surface area contributed by atoms with E-state index in [2.05, 4.69) is 20.3 Å². The summed E-state index contributed by atoms with van der Waals surface area (Å²) in [6.45, 7) is 0.289. The molecule has 3 rings (SSSR count). The Labute approximate surface area is 135 Å². The highest BCUT2D eigenvalue weighted by Crippen LogP contribution is 2.15. The van der Waals surface area contributed by atoms with E-state index in [-0.39, 0.29) is 6.61 Å². The van der Waals surface area contributed by atoms with Crippen LogP contribution in [0.4, 0.5) is 4.79 Å². The summed E-state index contributed by atoms with van der Waals surface area (Å²) < 4.78 is 10.2. The maximum atomic E-state index is 11.4. The van der Waals surface area contributed by atoms with E-state index in [0.717, 1.165) is 11.1 Å². The molecule has 122 valence electrons. The van der Waals surface area contributed by atoms with E-state index < -0.39 is 6.03 Å². The van der Waals surface area contributed by atoms with Gasteiger partial charge in [0.1, 0.15) is 12.4 Å². The largest absolute Gasteiger partial charge is 0.489 e. The molecule has 0 fully saturated rings. The van der Waals surface area contributed by atoms with Crippen molar-refractivity contribution in [2.75, 3.05) is 0 Å². The number of fused-ring (bicyclic) bond motifs is 1. The number of hydrogen-bond donors (Lipinski definition) is 2. The average molecular weight is 327 g/mol. The molecule has 0 saturated carbocycles. The van der Waals surface area contributed by atoms with Gasteiger partial charge in [0.2, 0.25) is 11.0 Å². The number of hydrogen-bond acceptors (Lipinski definition) is 6. The summed E-state index contributed by atoms with van der Waals surface area (Å²) in [5, 5.41) is 18.6. The first-order chi connectivity index (χ1) is 11.6. The summed E-state index contributed by atoms with van der Waals surface area (Å²) in [5.74, 6) is 0.649. The Hall–Kier alpha value is -3.62. The van der Waals surface area contributed by atoms with Gasteiger partial charge in [-0.3, -0.25) is 4.63 Å². The number of primary amides is 1. The fourth-order valence-corrected chi connectivity index (χ4v) is 1.99. The number of nitrogens with two attached hydrogens (primary N) is 1. The predicted molar refractivity (Wildman–Crippen MR) is 84.1 cm³/mol. The molecule has 0 bridgehead atoms. The fraction of sp³-hybridized carbons (Fsp3) is 0.0667. The van der Waals surface area contributed by atoms with Crippen molar-refractivity contribution in [3.8, 4) is 5.75 Å². The maximum Gasteiger partial charge on any atom is 0.332 e. The standard InChI is InChI=1S/C15H13N5O4/c16-15(21)18-17-8-10-1-4-12(5-2-10)23-9-11-3-6-13-14(7-11)20(22)24-19-13/h1-8H,9H2,(H3,16,18,21)/b17-8+. The lowest BCUT2D eigenvalue weighted by molar-refractivity contribution is -0.782. The molecule has 2 amide bonds. The summed E-state index contributed by atoms with van der Waals surface area (Å²) in [6, 6.07) is 11.5. The van der Waals surface area contributed by atoms with Gasteiger partial charge < -0.3 is 15.7 Å². The second kappa shape index (κ2) is 6.65. The zero-order chi connectivity index (χ0) is 16.9. The normalized spacial score (nSPS) is 11.0. The zero-order valence-electron chi connectivity index (χ0n) is 12.4. The highest BCUT2D eigenvalue weighted by molar-refractivity contribution is 5.81. The van der Waals surface area contributed by atoms with Crippen LogP contribution in [0.5, 0.6) is 5.75 Å². The number of amides is 2. The highest BCUT2D eigenvalue weighted by Gasteiger charge is 2.09. The number of benzene rings is 2. The smallest absolute Gasteiger partial charge is 0.332 e. The Balaban J connectivity index is 1.62. The third kappa shape index (κ3) is 3.58. The Morgan fingerprint density at radius 3 is 2.92 bits per heavy atom. The maximum absolute atomic E-state index is 11.4. The summed E-state index contributed by atoms with van der Waals surface area (Å²) >= 11 is 0. The van der Waals surface area contributed by atoms with Crippen molar-refractivity contribution in [3.05, 3.63) is 58.8 Å². The van der Waals surface area contributed by atoms with Gasteiger partial charge in [0.25, 0.3) is 0 Å². The fourth-order valence-electron chi connectivity index (χ4n) is 1.99. The lowest BCUT2D eigenvalue weighted by Gasteiger charge is -2.06. The summed E-state index contributed by atoms with van der Waals surface area (Å²) in [5.41, 5.74) is 9.43. The molecule has 3 aromatic rings. The summed E-state index contributed by atoms with van der Waals surface area (Å²) in [4.78, 5) is 10.8. The SMILES string of the molecule is NC(=O)N/N=C/c1ccc(OCc2ccc3no[n+]([O-])c3c2)cc1. The number of urea groups is 1. The van der Waals surface area contributed by atoms with Crippen molar-refractivity contribution in [2.24, 2.45) is 10.8 Å². The molecule has 0 aliphatic carbocycles. The molecule has 9 nitrogen and oxygen atoms in total. The van der Waals surface area contributed by atoms with Crippen molar-refractivity contribution >= 4 is 23.3 Å². The van der Waals surface area contributed by atoms with Crippen molar-refractivity contribution in [1.82, 2.24) is 10.6 Å². The van der Waals surface area contributed by atoms with E-state index in [9.17, 15) is 10.0 Å². The Kier molecular flexibility index (Phi) is 4.23. The molecule has 2 aromatic carbocycles. The van der Waals surface area contributed by atoms with Crippen LogP contribution < -0.4 is 20.8 Å². The van der Waals surface area contributed by atoms with E-state index >= 15 is 0 Å². The van der Waals surface area contributed by atoms with Gasteiger partial charge in [-0.05, 0) is 46.4 Å². The number of rotatable bonds is 5. The van der Waals surface area contributed by atoms with Crippen LogP contribution in [0.2, 0.25) is 0 Å². The number of nitrogens with one attached hydrogen (secondary N) is 1. The van der Waals surface area contributed by atoms with E-state index in [1.165, 1.54) is 6.21 Å². The van der Waals surface area contributed by atoms with Crippen molar-refractivity contribution in [2.45, 2.75) is 6.61 Å². The van der Waals surface area contributed by atoms with E-state index in [1.54, 1.807) is 42.5 Å². The van der Waals surface area contributed by atoms with Gasteiger partial charge in [0.05, 0.1) is 6.21 Å². The monoisotopic (exact) mass is 327 g/mol. The van der Waals surface area contributed by atoms with Crippen LogP contribution in [0.3, 0.4) is 0 Å². The third-order valence-electron chi connectivity index (χ3n) is 3.12. The molecule has 1 heterocycles. The van der Waals surface area contributed by atoms with Crippen LogP contribution in [0, 0.1) is 5.21 Å². The van der Waals surface area contributed by atoms with E-state index in [4.69, 9.17) is 10.5 Å². The van der Waals surface area contributed by atoms with Crippen LogP contribution in [-0.4, -0.2) is 17.4 Å². The first-order valence-electron chi connectivity index (χ1n) is 6.91. The van der Waals surface area contributed by atoms with Gasteiger partial charge in [-0.2, -0.15) is 5.10 Å². The molecule has 0 aliphatic rings. The predicted octanol–water partition coefficient (Wildman–Crippen LogP) is 1.04. The Morgan fingerprint density at radius 1 is 1.38 bits per heavy atom. The molecule has 0 spiro atoms. The molecule has 0 atom stereocenters. The number of hydrazone groups is 1. The first-order valence-corrected chi connectivity index (χ1v) is 6.91. The topological polar surface area (TPSA) is 130 Å². The van der Waals surface area contributed by atoms with E-state index in [0.29, 0.717) is 21.7 Å². The minimum absolute atomic E-state index is 0.289. The molecule has 1 aromatic heterocycles. The van der Waals surface area contributed by atoms with Crippen LogP contribution >= 0.6 is 0 Å². The van der Waals surface area contributed by atoms with Crippen molar-refractivity contribution in [1.29, 1.82) is 0 Å². The van der Waals surface area contributed by atoms with Crippen LogP contribution in [0.15, 0.2) is 52.2 Å². The van der Waals surface area contributed by atoms with Gasteiger partial charge >= 0.3 is 6.03 Å². The van der Waals surface area contributed by atoms with Gasteiger partial charge in [-0.1, -0.05) is 6.07 Å². The van der Waals surface area contributed by atoms with Crippen LogP contribution in [-0.2, 0) is 6.61 Å². The van der Waals surface area contributed by atoms with Gasteiger partial charge in [0.15, 0.2) is 0 Å². The number of nitrogens with zero attached hydrogens (tertiary/aromatic N) is 3. The number of aromatic nitrogens is 2. The lowest BCUT2D eigenvalue weighted by atomic mass is 10.2. The number of carbonyl (C=O) groups is 1. The van der Waals surface area contributed by atoms with Gasteiger partial charge in [-0.25, -0.2) is 10.2 Å². The molecule has 0 aliphatic heterocycles. The minimum atomic E-state index is -0.726.